The first-order chi connectivity index (χ1) is 27.7. The molecule has 7 heteroatoms. The van der Waals surface area contributed by atoms with Gasteiger partial charge in [0.1, 0.15) is 42.1 Å². The minimum atomic E-state index is -0.566. The molecular weight excluding hydrogens is 704 g/mol. The fourth-order valence-electron chi connectivity index (χ4n) is 7.59. The molecule has 2 aliphatic rings. The van der Waals surface area contributed by atoms with Crippen LogP contribution in [0.1, 0.15) is 50.6 Å². The molecule has 0 saturated carbocycles. The van der Waals surface area contributed by atoms with E-state index < -0.39 is 30.5 Å². The summed E-state index contributed by atoms with van der Waals surface area (Å²) in [5.41, 5.74) is 8.31. The number of fused-ring (bicyclic) bond motifs is 1. The van der Waals surface area contributed by atoms with Crippen LogP contribution in [-0.4, -0.2) is 37.6 Å². The van der Waals surface area contributed by atoms with E-state index in [-0.39, 0.29) is 12.4 Å². The summed E-state index contributed by atoms with van der Waals surface area (Å²) in [6.07, 6.45) is -1.33. The number of ether oxygens (including phenoxy) is 6. The summed E-state index contributed by atoms with van der Waals surface area (Å²) in [7, 11) is 0. The number of hydrogen-bond acceptors (Lipinski definition) is 6. The smallest absolute Gasteiger partial charge is 0.126 e. The molecule has 0 radical (unpaired) electrons. The van der Waals surface area contributed by atoms with Gasteiger partial charge in [0.25, 0.3) is 0 Å². The first-order valence-corrected chi connectivity index (χ1v) is 19.4. The average Bonchev–Trinajstić information content (AvgIpc) is 3.73. The maximum atomic E-state index is 13.9. The Bertz CT molecular complexity index is 2100. The second-order valence-corrected chi connectivity index (χ2v) is 14.4. The summed E-state index contributed by atoms with van der Waals surface area (Å²) in [5.74, 6) is 0.628. The van der Waals surface area contributed by atoms with Crippen molar-refractivity contribution in [2.75, 3.05) is 13.2 Å². The molecular formula is C49H47FO6. The largest absolute Gasteiger partial charge is 0.493 e. The lowest BCUT2D eigenvalue weighted by Gasteiger charge is -2.46. The zero-order valence-electron chi connectivity index (χ0n) is 31.4. The lowest BCUT2D eigenvalue weighted by Crippen LogP contribution is -2.58. The van der Waals surface area contributed by atoms with Crippen LogP contribution >= 0.6 is 0 Å². The lowest BCUT2D eigenvalue weighted by atomic mass is 9.88. The van der Waals surface area contributed by atoms with Gasteiger partial charge in [-0.15, -0.1) is 0 Å². The Labute approximate surface area is 328 Å². The second-order valence-electron chi connectivity index (χ2n) is 14.4. The molecule has 0 aliphatic carbocycles. The van der Waals surface area contributed by atoms with E-state index in [1.807, 2.05) is 84.9 Å². The molecule has 1 fully saturated rings. The molecule has 1 saturated heterocycles. The predicted molar refractivity (Wildman–Crippen MR) is 214 cm³/mol. The summed E-state index contributed by atoms with van der Waals surface area (Å²) in [6.45, 7) is 2.38. The Morgan fingerprint density at radius 2 is 1.05 bits per heavy atom. The minimum absolute atomic E-state index is 0.260. The van der Waals surface area contributed by atoms with Gasteiger partial charge in [0.15, 0.2) is 0 Å². The highest BCUT2D eigenvalue weighted by atomic mass is 19.1. The van der Waals surface area contributed by atoms with E-state index in [9.17, 15) is 4.39 Å². The Morgan fingerprint density at radius 1 is 0.536 bits per heavy atom. The molecule has 0 amide bonds. The van der Waals surface area contributed by atoms with Crippen LogP contribution in [0.5, 0.6) is 5.75 Å². The quantitative estimate of drug-likeness (QED) is 0.0983. The molecule has 56 heavy (non-hydrogen) atoms. The fourth-order valence-corrected chi connectivity index (χ4v) is 7.59. The van der Waals surface area contributed by atoms with E-state index >= 15 is 0 Å². The SMILES string of the molecule is Fc1ccc(Cc2cc([C@@H]3O[C@H](COCc4ccccc4)[C@@H](OCc4ccccc4)[C@H](OCc4ccccc4)[C@H]3OCc3ccccc3)cc3c2OCC3)cc1. The van der Waals surface area contributed by atoms with E-state index in [0.717, 1.165) is 56.7 Å². The van der Waals surface area contributed by atoms with Crippen LogP contribution in [0, 0.1) is 5.82 Å². The molecule has 8 rings (SSSR count). The average molecular weight is 751 g/mol. The van der Waals surface area contributed by atoms with Crippen molar-refractivity contribution in [2.24, 2.45) is 0 Å². The van der Waals surface area contributed by atoms with Crippen LogP contribution < -0.4 is 4.74 Å². The van der Waals surface area contributed by atoms with Crippen LogP contribution in [0.4, 0.5) is 4.39 Å². The molecule has 6 aromatic rings. The molecule has 6 nitrogen and oxygen atoms in total. The molecule has 0 unspecified atom stereocenters. The van der Waals surface area contributed by atoms with Gasteiger partial charge in [-0.05, 0) is 68.8 Å². The molecule has 2 heterocycles. The molecule has 0 bridgehead atoms. The molecule has 0 spiro atoms. The van der Waals surface area contributed by atoms with Gasteiger partial charge >= 0.3 is 0 Å². The standard InChI is InChI=1S/C49H47FO6/c50-43-23-21-35(22-24-43)27-41-29-42(28-40-25-26-52-45(40)41)46-48(54-32-38-17-9-3-10-18-38)49(55-33-39-19-11-4-12-20-39)47(53-31-37-15-7-2-8-16-37)44(56-46)34-51-30-36-13-5-1-6-14-36/h1-24,28-29,44,46-49H,25-27,30-34H2/t44-,46+,47-,48+,49+/m1/s1. The highest BCUT2D eigenvalue weighted by molar-refractivity contribution is 5.50. The van der Waals surface area contributed by atoms with Crippen LogP contribution in [0.15, 0.2) is 158 Å². The van der Waals surface area contributed by atoms with E-state index in [1.165, 1.54) is 12.1 Å². The monoisotopic (exact) mass is 750 g/mol. The lowest BCUT2D eigenvalue weighted by molar-refractivity contribution is -0.275. The van der Waals surface area contributed by atoms with Gasteiger partial charge in [-0.1, -0.05) is 133 Å². The van der Waals surface area contributed by atoms with Gasteiger partial charge in [0.2, 0.25) is 0 Å². The zero-order valence-corrected chi connectivity index (χ0v) is 31.4. The Balaban J connectivity index is 1.19. The molecule has 0 N–H and O–H groups in total. The predicted octanol–water partition coefficient (Wildman–Crippen LogP) is 9.76. The van der Waals surface area contributed by atoms with Crippen molar-refractivity contribution in [2.45, 2.75) is 69.8 Å². The van der Waals surface area contributed by atoms with Crippen molar-refractivity contribution in [3.8, 4) is 5.75 Å². The first-order valence-electron chi connectivity index (χ1n) is 19.4. The van der Waals surface area contributed by atoms with E-state index in [1.54, 1.807) is 0 Å². The zero-order chi connectivity index (χ0) is 37.9. The highest BCUT2D eigenvalue weighted by Crippen LogP contribution is 2.42. The molecule has 6 aromatic carbocycles. The Hall–Kier alpha value is -5.15. The number of halogens is 1. The molecule has 2 aliphatic heterocycles. The van der Waals surface area contributed by atoms with Crippen LogP contribution in [-0.2, 0) is 63.0 Å². The van der Waals surface area contributed by atoms with Crippen molar-refractivity contribution in [3.05, 3.63) is 208 Å². The van der Waals surface area contributed by atoms with Crippen LogP contribution in [0.25, 0.3) is 0 Å². The normalized spacial score (nSPS) is 20.3. The summed E-state index contributed by atoms with van der Waals surface area (Å²) in [5, 5.41) is 0. The fraction of sp³-hybridized carbons (Fsp3) is 0.265. The first kappa shape index (κ1) is 37.8. The van der Waals surface area contributed by atoms with Crippen molar-refractivity contribution in [1.82, 2.24) is 0 Å². The third-order valence-corrected chi connectivity index (χ3v) is 10.4. The van der Waals surface area contributed by atoms with E-state index in [2.05, 4.69) is 60.7 Å². The summed E-state index contributed by atoms with van der Waals surface area (Å²) in [6, 6.07) is 51.7. The topological polar surface area (TPSA) is 55.4 Å². The van der Waals surface area contributed by atoms with Crippen molar-refractivity contribution >= 4 is 0 Å². The Morgan fingerprint density at radius 3 is 1.62 bits per heavy atom. The highest BCUT2D eigenvalue weighted by Gasteiger charge is 2.49. The van der Waals surface area contributed by atoms with Gasteiger partial charge in [0, 0.05) is 12.8 Å². The summed E-state index contributed by atoms with van der Waals surface area (Å²) in [4.78, 5) is 0. The maximum Gasteiger partial charge on any atom is 0.126 e. The molecule has 5 atom stereocenters. The van der Waals surface area contributed by atoms with Gasteiger partial charge in [-0.3, -0.25) is 0 Å². The van der Waals surface area contributed by atoms with Crippen LogP contribution in [0.2, 0.25) is 0 Å². The van der Waals surface area contributed by atoms with Crippen molar-refractivity contribution in [1.29, 1.82) is 0 Å². The molecule has 286 valence electrons. The third-order valence-electron chi connectivity index (χ3n) is 10.4. The van der Waals surface area contributed by atoms with Crippen molar-refractivity contribution in [3.63, 3.8) is 0 Å². The van der Waals surface area contributed by atoms with Gasteiger partial charge < -0.3 is 28.4 Å². The van der Waals surface area contributed by atoms with E-state index in [0.29, 0.717) is 39.5 Å². The number of hydrogen-bond donors (Lipinski definition) is 0. The van der Waals surface area contributed by atoms with Gasteiger partial charge in [-0.25, -0.2) is 4.39 Å². The van der Waals surface area contributed by atoms with E-state index in [4.69, 9.17) is 28.4 Å². The number of benzene rings is 6. The minimum Gasteiger partial charge on any atom is -0.493 e. The summed E-state index contributed by atoms with van der Waals surface area (Å²) < 4.78 is 54.7. The second kappa shape index (κ2) is 18.7. The Kier molecular flexibility index (Phi) is 12.6. The molecule has 0 aromatic heterocycles. The summed E-state index contributed by atoms with van der Waals surface area (Å²) >= 11 is 0. The number of rotatable bonds is 16. The van der Waals surface area contributed by atoms with Gasteiger partial charge in [0.05, 0.1) is 39.6 Å². The maximum absolute atomic E-state index is 13.9. The van der Waals surface area contributed by atoms with Gasteiger partial charge in [-0.2, -0.15) is 0 Å². The van der Waals surface area contributed by atoms with Crippen LogP contribution in [0.3, 0.4) is 0 Å². The third kappa shape index (κ3) is 9.62. The van der Waals surface area contributed by atoms with Crippen molar-refractivity contribution < 1.29 is 32.8 Å².